The van der Waals surface area contributed by atoms with Crippen LogP contribution in [-0.2, 0) is 10.0 Å². The molecule has 0 aliphatic heterocycles. The van der Waals surface area contributed by atoms with E-state index >= 15 is 0 Å². The van der Waals surface area contributed by atoms with Gasteiger partial charge in [0.15, 0.2) is 0 Å². The molecule has 6 nitrogen and oxygen atoms in total. The number of rotatable bonds is 4. The zero-order chi connectivity index (χ0) is 21.5. The van der Waals surface area contributed by atoms with Gasteiger partial charge in [0.2, 0.25) is 0 Å². The Bertz CT molecular complexity index is 1230. The molecule has 1 aromatic heterocycles. The van der Waals surface area contributed by atoms with E-state index < -0.39 is 15.9 Å². The van der Waals surface area contributed by atoms with Crippen molar-refractivity contribution in [2.75, 3.05) is 0 Å². The monoisotopic (exact) mass is 445 g/mol. The topological polar surface area (TPSA) is 81.1 Å². The summed E-state index contributed by atoms with van der Waals surface area (Å²) in [5, 5.41) is 0.329. The quantitative estimate of drug-likeness (QED) is 0.617. The molecule has 1 saturated carbocycles. The van der Waals surface area contributed by atoms with Gasteiger partial charge in [-0.25, -0.2) is 18.1 Å². The number of hydrogen-bond acceptors (Lipinski definition) is 4. The van der Waals surface area contributed by atoms with Crippen molar-refractivity contribution in [3.05, 3.63) is 58.4 Å². The summed E-state index contributed by atoms with van der Waals surface area (Å²) in [7, 11) is -4.04. The van der Waals surface area contributed by atoms with Gasteiger partial charge in [-0.15, -0.1) is 0 Å². The van der Waals surface area contributed by atoms with Crippen molar-refractivity contribution in [1.29, 1.82) is 0 Å². The summed E-state index contributed by atoms with van der Waals surface area (Å²) in [4.78, 5) is 17.3. The molecule has 4 rings (SSSR count). The number of fused-ring (bicyclic) bond motifs is 1. The van der Waals surface area contributed by atoms with Crippen LogP contribution in [0, 0.1) is 13.8 Å². The summed E-state index contributed by atoms with van der Waals surface area (Å²) in [5.41, 5.74) is 2.32. The Morgan fingerprint density at radius 1 is 1.13 bits per heavy atom. The third-order valence-electron chi connectivity index (χ3n) is 5.80. The Morgan fingerprint density at radius 3 is 2.60 bits per heavy atom. The number of imidazole rings is 1. The number of nitrogens with zero attached hydrogens (tertiary/aromatic N) is 2. The highest BCUT2D eigenvalue weighted by atomic mass is 35.5. The van der Waals surface area contributed by atoms with Gasteiger partial charge >= 0.3 is 0 Å². The minimum Gasteiger partial charge on any atom is -0.325 e. The zero-order valence-electron chi connectivity index (χ0n) is 17.0. The van der Waals surface area contributed by atoms with E-state index in [-0.39, 0.29) is 10.5 Å². The normalized spacial score (nSPS) is 15.4. The standard InChI is InChI=1S/C22H24ClN3O3S/c1-14-18(23)9-6-10-21(14)30(28,29)25-22(27)16-11-12-20-19(13-16)24-15(2)26(20)17-7-4-3-5-8-17/h6,9-13,17H,3-5,7-8H2,1-2H3,(H,25,27). The Morgan fingerprint density at radius 2 is 1.87 bits per heavy atom. The van der Waals surface area contributed by atoms with Crippen molar-refractivity contribution in [2.45, 2.75) is 56.9 Å². The molecule has 0 radical (unpaired) electrons. The van der Waals surface area contributed by atoms with Crippen molar-refractivity contribution in [3.8, 4) is 0 Å². The number of carbonyl (C=O) groups excluding carboxylic acids is 1. The maximum Gasteiger partial charge on any atom is 0.265 e. The molecule has 1 aliphatic rings. The van der Waals surface area contributed by atoms with Crippen LogP contribution in [0.15, 0.2) is 41.3 Å². The first-order valence-corrected chi connectivity index (χ1v) is 11.9. The van der Waals surface area contributed by atoms with E-state index in [0.29, 0.717) is 22.1 Å². The minimum absolute atomic E-state index is 0.0122. The Kier molecular flexibility index (Phi) is 5.59. The molecule has 0 unspecified atom stereocenters. The third kappa shape index (κ3) is 3.84. The van der Waals surface area contributed by atoms with E-state index in [1.54, 1.807) is 31.2 Å². The molecule has 1 aliphatic carbocycles. The SMILES string of the molecule is Cc1c(Cl)cccc1S(=O)(=O)NC(=O)c1ccc2c(c1)nc(C)n2C1CCCCC1. The van der Waals surface area contributed by atoms with Gasteiger partial charge in [-0.1, -0.05) is 36.9 Å². The lowest BCUT2D eigenvalue weighted by atomic mass is 9.95. The van der Waals surface area contributed by atoms with Crippen molar-refractivity contribution in [3.63, 3.8) is 0 Å². The molecule has 8 heteroatoms. The Balaban J connectivity index is 1.63. The maximum atomic E-state index is 12.7. The Hall–Kier alpha value is -2.38. The summed E-state index contributed by atoms with van der Waals surface area (Å²) >= 11 is 6.03. The zero-order valence-corrected chi connectivity index (χ0v) is 18.6. The summed E-state index contributed by atoms with van der Waals surface area (Å²) in [6, 6.07) is 10.2. The lowest BCUT2D eigenvalue weighted by molar-refractivity contribution is 0.0981. The smallest absolute Gasteiger partial charge is 0.265 e. The number of amides is 1. The Labute approximate surface area is 181 Å². The number of nitrogens with one attached hydrogen (secondary N) is 1. The number of halogens is 1. The second-order valence-corrected chi connectivity index (χ2v) is 9.88. The first-order valence-electron chi connectivity index (χ1n) is 10.1. The third-order valence-corrected chi connectivity index (χ3v) is 7.69. The van der Waals surface area contributed by atoms with Crippen LogP contribution in [-0.4, -0.2) is 23.9 Å². The maximum absolute atomic E-state index is 12.7. The van der Waals surface area contributed by atoms with Gasteiger partial charge in [-0.05, 0) is 62.6 Å². The van der Waals surface area contributed by atoms with Gasteiger partial charge in [0.05, 0.1) is 15.9 Å². The largest absolute Gasteiger partial charge is 0.325 e. The van der Waals surface area contributed by atoms with Crippen LogP contribution in [0.1, 0.15) is 59.9 Å². The van der Waals surface area contributed by atoms with Crippen LogP contribution < -0.4 is 4.72 Å². The number of benzene rings is 2. The molecule has 0 spiro atoms. The highest BCUT2D eigenvalue weighted by molar-refractivity contribution is 7.90. The first kappa shape index (κ1) is 20.9. The number of sulfonamides is 1. The van der Waals surface area contributed by atoms with Gasteiger partial charge in [-0.2, -0.15) is 0 Å². The van der Waals surface area contributed by atoms with E-state index in [4.69, 9.17) is 11.6 Å². The highest BCUT2D eigenvalue weighted by Gasteiger charge is 2.23. The molecule has 0 saturated heterocycles. The predicted molar refractivity (Wildman–Crippen MR) is 117 cm³/mol. The lowest BCUT2D eigenvalue weighted by Gasteiger charge is -2.25. The number of aromatic nitrogens is 2. The van der Waals surface area contributed by atoms with Crippen molar-refractivity contribution >= 4 is 38.6 Å². The molecular weight excluding hydrogens is 422 g/mol. The van der Waals surface area contributed by atoms with Crippen LogP contribution in [0.4, 0.5) is 0 Å². The van der Waals surface area contributed by atoms with Crippen molar-refractivity contribution in [1.82, 2.24) is 14.3 Å². The fourth-order valence-electron chi connectivity index (χ4n) is 4.28. The summed E-state index contributed by atoms with van der Waals surface area (Å²) < 4.78 is 29.8. The molecule has 1 fully saturated rings. The molecule has 0 bridgehead atoms. The molecule has 3 aromatic rings. The van der Waals surface area contributed by atoms with E-state index in [9.17, 15) is 13.2 Å². The number of aryl methyl sites for hydroxylation is 1. The number of carbonyl (C=O) groups is 1. The van der Waals surface area contributed by atoms with Gasteiger partial charge in [-0.3, -0.25) is 4.79 Å². The lowest BCUT2D eigenvalue weighted by Crippen LogP contribution is -2.31. The average Bonchev–Trinajstić information content (AvgIpc) is 3.05. The fraction of sp³-hybridized carbons (Fsp3) is 0.364. The molecule has 1 N–H and O–H groups in total. The average molecular weight is 446 g/mol. The van der Waals surface area contributed by atoms with E-state index in [2.05, 4.69) is 14.3 Å². The molecule has 1 amide bonds. The van der Waals surface area contributed by atoms with Crippen LogP contribution in [0.3, 0.4) is 0 Å². The van der Waals surface area contributed by atoms with Gasteiger partial charge < -0.3 is 4.57 Å². The van der Waals surface area contributed by atoms with Gasteiger partial charge in [0.25, 0.3) is 15.9 Å². The van der Waals surface area contributed by atoms with Crippen molar-refractivity contribution in [2.24, 2.45) is 0 Å². The van der Waals surface area contributed by atoms with E-state index in [1.807, 2.05) is 13.0 Å². The van der Waals surface area contributed by atoms with E-state index in [0.717, 1.165) is 24.2 Å². The molecule has 0 atom stereocenters. The minimum atomic E-state index is -4.04. The molecule has 2 aromatic carbocycles. The van der Waals surface area contributed by atoms with Crippen LogP contribution in [0.25, 0.3) is 11.0 Å². The van der Waals surface area contributed by atoms with Crippen LogP contribution >= 0.6 is 11.6 Å². The van der Waals surface area contributed by atoms with Gasteiger partial charge in [0, 0.05) is 16.6 Å². The fourth-order valence-corrected chi connectivity index (χ4v) is 5.75. The highest BCUT2D eigenvalue weighted by Crippen LogP contribution is 2.32. The molecule has 1 heterocycles. The molecular formula is C22H24ClN3O3S. The van der Waals surface area contributed by atoms with E-state index in [1.165, 1.54) is 25.3 Å². The van der Waals surface area contributed by atoms with Crippen LogP contribution in [0.5, 0.6) is 0 Å². The number of hydrogen-bond donors (Lipinski definition) is 1. The summed E-state index contributed by atoms with van der Waals surface area (Å²) in [6.07, 6.45) is 5.96. The molecule has 158 valence electrons. The predicted octanol–water partition coefficient (Wildman–Crippen LogP) is 4.93. The summed E-state index contributed by atoms with van der Waals surface area (Å²) in [5.74, 6) is 0.220. The van der Waals surface area contributed by atoms with Crippen LogP contribution in [0.2, 0.25) is 5.02 Å². The molecule has 30 heavy (non-hydrogen) atoms. The summed E-state index contributed by atoms with van der Waals surface area (Å²) in [6.45, 7) is 3.58. The second-order valence-electron chi connectivity index (χ2n) is 7.82. The van der Waals surface area contributed by atoms with Gasteiger partial charge in [0.1, 0.15) is 5.82 Å². The first-order chi connectivity index (χ1) is 14.3. The van der Waals surface area contributed by atoms with Crippen molar-refractivity contribution < 1.29 is 13.2 Å². The second kappa shape index (κ2) is 8.04.